The molecule has 106 valence electrons. The summed E-state index contributed by atoms with van der Waals surface area (Å²) in [4.78, 5) is 10.7. The first kappa shape index (κ1) is 12.1. The maximum absolute atomic E-state index is 11.1. The Morgan fingerprint density at radius 1 is 1.57 bits per heavy atom. The first-order chi connectivity index (χ1) is 10.0. The number of rotatable bonds is 1. The molecule has 8 nitrogen and oxygen atoms in total. The number of fused-ring (bicyclic) bond motifs is 5. The molecule has 0 amide bonds. The van der Waals surface area contributed by atoms with Crippen LogP contribution in [0.3, 0.4) is 0 Å². The lowest BCUT2D eigenvalue weighted by Gasteiger charge is -2.20. The third-order valence-electron chi connectivity index (χ3n) is 3.84. The van der Waals surface area contributed by atoms with Crippen molar-refractivity contribution in [1.29, 1.82) is 0 Å². The minimum atomic E-state index is -0.471. The third kappa shape index (κ3) is 1.33. The molecule has 2 aliphatic rings. The molecule has 0 spiro atoms. The minimum absolute atomic E-state index is 0.0881. The van der Waals surface area contributed by atoms with Crippen molar-refractivity contribution in [1.82, 2.24) is 14.8 Å². The van der Waals surface area contributed by atoms with Crippen LogP contribution in [0.2, 0.25) is 0 Å². The fraction of sp³-hybridized carbons (Fsp3) is 0.167. The number of hydrogen-bond donors (Lipinski definition) is 2. The van der Waals surface area contributed by atoms with E-state index < -0.39 is 4.92 Å². The van der Waals surface area contributed by atoms with Crippen molar-refractivity contribution in [2.45, 2.75) is 12.8 Å². The van der Waals surface area contributed by atoms with Gasteiger partial charge in [-0.25, -0.2) is 0 Å². The number of hydrogen-bond acceptors (Lipinski definition) is 6. The SMILES string of the molecule is Cc1[nH]nc2c1C1C(=C(N)n3c1ccc3[N+](=O)[O-])C(=S)O2. The van der Waals surface area contributed by atoms with Crippen molar-refractivity contribution < 1.29 is 9.66 Å². The highest BCUT2D eigenvalue weighted by molar-refractivity contribution is 7.80. The smallest absolute Gasteiger partial charge is 0.329 e. The van der Waals surface area contributed by atoms with Gasteiger partial charge in [0.25, 0.3) is 0 Å². The van der Waals surface area contributed by atoms with Gasteiger partial charge in [-0.15, -0.1) is 5.10 Å². The molecule has 0 bridgehead atoms. The van der Waals surface area contributed by atoms with Gasteiger partial charge in [-0.05, 0) is 30.1 Å². The fourth-order valence-electron chi connectivity index (χ4n) is 2.98. The van der Waals surface area contributed by atoms with Crippen LogP contribution in [0.1, 0.15) is 22.9 Å². The van der Waals surface area contributed by atoms with E-state index in [4.69, 9.17) is 22.7 Å². The molecule has 2 aliphatic heterocycles. The van der Waals surface area contributed by atoms with Crippen molar-refractivity contribution in [3.63, 3.8) is 0 Å². The van der Waals surface area contributed by atoms with Crippen LogP contribution >= 0.6 is 12.2 Å². The van der Waals surface area contributed by atoms with Gasteiger partial charge in [0.1, 0.15) is 5.69 Å². The Morgan fingerprint density at radius 2 is 2.33 bits per heavy atom. The van der Waals surface area contributed by atoms with Gasteiger partial charge in [0, 0.05) is 11.8 Å². The van der Waals surface area contributed by atoms with E-state index in [-0.39, 0.29) is 22.6 Å². The molecule has 1 unspecified atom stereocenters. The van der Waals surface area contributed by atoms with Crippen molar-refractivity contribution >= 4 is 28.9 Å². The molecule has 0 saturated carbocycles. The largest absolute Gasteiger partial charge is 0.425 e. The first-order valence-corrected chi connectivity index (χ1v) is 6.54. The van der Waals surface area contributed by atoms with Crippen molar-refractivity contribution in [3.8, 4) is 5.88 Å². The summed E-state index contributed by atoms with van der Waals surface area (Å²) >= 11 is 5.23. The number of aromatic nitrogens is 3. The Kier molecular flexibility index (Phi) is 2.13. The highest BCUT2D eigenvalue weighted by atomic mass is 32.1. The van der Waals surface area contributed by atoms with Crippen molar-refractivity contribution in [3.05, 3.63) is 44.8 Å². The van der Waals surface area contributed by atoms with Crippen LogP contribution in [0.25, 0.3) is 5.82 Å². The van der Waals surface area contributed by atoms with Gasteiger partial charge in [0.2, 0.25) is 16.8 Å². The Bertz CT molecular complexity index is 862. The number of nitro groups is 1. The van der Waals surface area contributed by atoms with Crippen LogP contribution in [0.5, 0.6) is 5.88 Å². The van der Waals surface area contributed by atoms with Gasteiger partial charge in [0.05, 0.1) is 17.1 Å². The highest BCUT2D eigenvalue weighted by Gasteiger charge is 2.47. The van der Waals surface area contributed by atoms with E-state index >= 15 is 0 Å². The van der Waals surface area contributed by atoms with E-state index in [1.807, 2.05) is 6.92 Å². The summed E-state index contributed by atoms with van der Waals surface area (Å²) in [6.07, 6.45) is 0. The van der Waals surface area contributed by atoms with Gasteiger partial charge < -0.3 is 20.6 Å². The summed E-state index contributed by atoms with van der Waals surface area (Å²) in [6.45, 7) is 1.86. The lowest BCUT2D eigenvalue weighted by Crippen LogP contribution is -2.22. The predicted octanol–water partition coefficient (Wildman–Crippen LogP) is 1.42. The predicted molar refractivity (Wildman–Crippen MR) is 76.9 cm³/mol. The molecule has 9 heteroatoms. The van der Waals surface area contributed by atoms with Gasteiger partial charge in [-0.1, -0.05) is 0 Å². The summed E-state index contributed by atoms with van der Waals surface area (Å²) in [7, 11) is 0. The molecule has 0 saturated heterocycles. The topological polar surface area (TPSA) is 112 Å². The Morgan fingerprint density at radius 3 is 3.05 bits per heavy atom. The van der Waals surface area contributed by atoms with Crippen LogP contribution in [0.15, 0.2) is 17.7 Å². The van der Waals surface area contributed by atoms with Crippen LogP contribution < -0.4 is 10.5 Å². The first-order valence-electron chi connectivity index (χ1n) is 6.13. The summed E-state index contributed by atoms with van der Waals surface area (Å²) in [5.41, 5.74) is 9.01. The van der Waals surface area contributed by atoms with Crippen molar-refractivity contribution in [2.24, 2.45) is 5.73 Å². The van der Waals surface area contributed by atoms with Gasteiger partial charge in [0.15, 0.2) is 0 Å². The second-order valence-corrected chi connectivity index (χ2v) is 5.27. The zero-order chi connectivity index (χ0) is 14.9. The zero-order valence-electron chi connectivity index (χ0n) is 10.8. The van der Waals surface area contributed by atoms with E-state index in [1.165, 1.54) is 10.6 Å². The monoisotopic (exact) mass is 303 g/mol. The number of thiocarbonyl (C=S) groups is 1. The summed E-state index contributed by atoms with van der Waals surface area (Å²) in [5, 5.41) is 18.3. The van der Waals surface area contributed by atoms with Crippen LogP contribution in [-0.2, 0) is 0 Å². The average Bonchev–Trinajstić information content (AvgIpc) is 3.06. The number of H-pyrrole nitrogens is 1. The molecule has 1 atom stereocenters. The highest BCUT2D eigenvalue weighted by Crippen LogP contribution is 2.49. The third-order valence-corrected chi connectivity index (χ3v) is 4.14. The summed E-state index contributed by atoms with van der Waals surface area (Å²) in [5.74, 6) is 0.267. The van der Waals surface area contributed by atoms with E-state index in [0.29, 0.717) is 17.1 Å². The number of aryl methyl sites for hydroxylation is 1. The van der Waals surface area contributed by atoms with E-state index in [1.54, 1.807) is 6.07 Å². The number of nitrogens with two attached hydrogens (primary N) is 1. The van der Waals surface area contributed by atoms with E-state index in [0.717, 1.165) is 11.3 Å². The Balaban J connectivity index is 2.06. The van der Waals surface area contributed by atoms with E-state index in [9.17, 15) is 10.1 Å². The number of ether oxygens (including phenoxy) is 1. The Hall–Kier alpha value is -2.68. The molecule has 21 heavy (non-hydrogen) atoms. The standard InChI is InChI=1S/C12H9N5O3S/c1-4-7-8-5-2-3-6(17(18)19)16(5)10(13)9(8)12(21)20-11(7)15-14-4/h2-3,8H,13H2,1H3,(H,14,15). The summed E-state index contributed by atoms with van der Waals surface area (Å²) < 4.78 is 6.92. The normalized spacial score (nSPS) is 19.1. The lowest BCUT2D eigenvalue weighted by atomic mass is 9.89. The quantitative estimate of drug-likeness (QED) is 0.468. The second-order valence-electron chi connectivity index (χ2n) is 4.90. The molecule has 4 heterocycles. The van der Waals surface area contributed by atoms with Gasteiger partial charge in [-0.3, -0.25) is 5.10 Å². The molecule has 3 N–H and O–H groups in total. The van der Waals surface area contributed by atoms with E-state index in [2.05, 4.69) is 10.2 Å². The Labute approximate surface area is 123 Å². The molecule has 0 aliphatic carbocycles. The van der Waals surface area contributed by atoms with Crippen LogP contribution in [0, 0.1) is 17.0 Å². The lowest BCUT2D eigenvalue weighted by molar-refractivity contribution is -0.390. The average molecular weight is 303 g/mol. The molecule has 0 radical (unpaired) electrons. The number of aromatic amines is 1. The van der Waals surface area contributed by atoms with Crippen LogP contribution in [-0.4, -0.2) is 24.7 Å². The van der Waals surface area contributed by atoms with Crippen LogP contribution in [0.4, 0.5) is 5.82 Å². The zero-order valence-corrected chi connectivity index (χ0v) is 11.6. The molecule has 0 aromatic carbocycles. The molecule has 2 aromatic heterocycles. The maximum atomic E-state index is 11.1. The number of nitrogens with zero attached hydrogens (tertiary/aromatic N) is 3. The molecular formula is C12H9N5O3S. The minimum Gasteiger partial charge on any atom is -0.425 e. The number of nitrogens with one attached hydrogen (secondary N) is 1. The molecule has 4 rings (SSSR count). The molecular weight excluding hydrogens is 294 g/mol. The second kappa shape index (κ2) is 3.70. The molecule has 2 aromatic rings. The van der Waals surface area contributed by atoms with Gasteiger partial charge in [-0.2, -0.15) is 4.57 Å². The van der Waals surface area contributed by atoms with Gasteiger partial charge >= 0.3 is 5.82 Å². The summed E-state index contributed by atoms with van der Waals surface area (Å²) in [6, 6.07) is 3.12. The molecule has 0 fully saturated rings. The maximum Gasteiger partial charge on any atom is 0.329 e. The van der Waals surface area contributed by atoms with Crippen molar-refractivity contribution in [2.75, 3.05) is 0 Å². The fourth-order valence-corrected chi connectivity index (χ4v) is 3.28.